The van der Waals surface area contributed by atoms with Gasteiger partial charge in [0.25, 0.3) is 0 Å². The fourth-order valence-electron chi connectivity index (χ4n) is 3.27. The number of phenols is 1. The minimum Gasteiger partial charge on any atom is -0.508 e. The first kappa shape index (κ1) is 19.5. The molecule has 0 heterocycles. The van der Waals surface area contributed by atoms with Crippen molar-refractivity contribution in [3.05, 3.63) is 53.6 Å². The van der Waals surface area contributed by atoms with E-state index in [4.69, 9.17) is 5.73 Å². The van der Waals surface area contributed by atoms with Crippen LogP contribution in [0.4, 0.5) is 0 Å². The summed E-state index contributed by atoms with van der Waals surface area (Å²) in [5, 5.41) is 10.1. The molecule has 0 amide bonds. The molecule has 0 saturated carbocycles. The first-order valence-electron chi connectivity index (χ1n) is 7.80. The van der Waals surface area contributed by atoms with Crippen LogP contribution >= 0.6 is 35.9 Å². The molecule has 2 aromatic carbocycles. The molecule has 2 aromatic rings. The predicted octanol–water partition coefficient (Wildman–Crippen LogP) is 4.86. The van der Waals surface area contributed by atoms with Crippen molar-refractivity contribution in [2.24, 2.45) is 5.73 Å². The van der Waals surface area contributed by atoms with Gasteiger partial charge in [0.15, 0.2) is 0 Å². The molecule has 2 atom stereocenters. The van der Waals surface area contributed by atoms with Crippen LogP contribution in [0.3, 0.4) is 0 Å². The average Bonchev–Trinajstić information content (AvgIpc) is 2.54. The standard InChI is InChI=1S/C19H23NOS2.ClH/c1-19(2)16-11-13(21)5-4-12(16)10-17(18(19)20)23-15-8-6-14(22-3)7-9-15;/h4-9,11,17-18,21H,10,20H2,1-3H3;1H. The summed E-state index contributed by atoms with van der Waals surface area (Å²) in [6.07, 6.45) is 3.03. The smallest absolute Gasteiger partial charge is 0.115 e. The lowest BCUT2D eigenvalue weighted by Gasteiger charge is -2.43. The van der Waals surface area contributed by atoms with E-state index in [-0.39, 0.29) is 23.9 Å². The van der Waals surface area contributed by atoms with Crippen molar-refractivity contribution in [2.45, 2.75) is 46.8 Å². The Labute approximate surface area is 159 Å². The third-order valence-corrected chi connectivity index (χ3v) is 6.84. The molecule has 130 valence electrons. The maximum absolute atomic E-state index is 9.81. The van der Waals surface area contributed by atoms with E-state index >= 15 is 0 Å². The summed E-state index contributed by atoms with van der Waals surface area (Å²) in [5.74, 6) is 0.322. The van der Waals surface area contributed by atoms with Gasteiger partial charge in [0, 0.05) is 26.5 Å². The molecule has 0 saturated heterocycles. The highest BCUT2D eigenvalue weighted by Gasteiger charge is 2.40. The molecule has 1 aliphatic carbocycles. The van der Waals surface area contributed by atoms with Crippen molar-refractivity contribution in [3.63, 3.8) is 0 Å². The number of hydrogen-bond donors (Lipinski definition) is 2. The summed E-state index contributed by atoms with van der Waals surface area (Å²) in [5.41, 5.74) is 8.95. The summed E-state index contributed by atoms with van der Waals surface area (Å²) < 4.78 is 0. The molecule has 0 bridgehead atoms. The fourth-order valence-corrected chi connectivity index (χ4v) is 5.08. The fraction of sp³-hybridized carbons (Fsp3) is 0.368. The third-order valence-electron chi connectivity index (χ3n) is 4.79. The van der Waals surface area contributed by atoms with Gasteiger partial charge in [-0.25, -0.2) is 0 Å². The summed E-state index contributed by atoms with van der Waals surface area (Å²) >= 11 is 3.62. The van der Waals surface area contributed by atoms with E-state index in [9.17, 15) is 5.11 Å². The highest BCUT2D eigenvalue weighted by atomic mass is 35.5. The number of rotatable bonds is 3. The number of phenolic OH excluding ortho intramolecular Hbond substituents is 1. The summed E-state index contributed by atoms with van der Waals surface area (Å²) in [6, 6.07) is 14.4. The normalized spacial score (nSPS) is 21.7. The zero-order chi connectivity index (χ0) is 16.6. The summed E-state index contributed by atoms with van der Waals surface area (Å²) in [7, 11) is 0. The third kappa shape index (κ3) is 3.72. The van der Waals surface area contributed by atoms with Gasteiger partial charge in [-0.2, -0.15) is 0 Å². The minimum absolute atomic E-state index is 0. The van der Waals surface area contributed by atoms with Gasteiger partial charge >= 0.3 is 0 Å². The van der Waals surface area contributed by atoms with E-state index < -0.39 is 0 Å². The average molecular weight is 382 g/mol. The second-order valence-electron chi connectivity index (χ2n) is 6.62. The number of aromatic hydroxyl groups is 1. The van der Waals surface area contributed by atoms with E-state index in [1.807, 2.05) is 23.9 Å². The number of nitrogens with two attached hydrogens (primary N) is 1. The Kier molecular flexibility index (Phi) is 6.19. The van der Waals surface area contributed by atoms with Crippen LogP contribution in [0.5, 0.6) is 5.75 Å². The lowest BCUT2D eigenvalue weighted by molar-refractivity contribution is 0.369. The Hall–Kier alpha value is -0.810. The van der Waals surface area contributed by atoms with E-state index in [1.54, 1.807) is 17.8 Å². The zero-order valence-corrected chi connectivity index (χ0v) is 16.6. The van der Waals surface area contributed by atoms with Crippen molar-refractivity contribution in [1.29, 1.82) is 0 Å². The second-order valence-corrected chi connectivity index (χ2v) is 8.82. The van der Waals surface area contributed by atoms with Crippen LogP contribution < -0.4 is 5.73 Å². The van der Waals surface area contributed by atoms with E-state index in [0.717, 1.165) is 6.42 Å². The second kappa shape index (κ2) is 7.61. The molecule has 2 nitrogen and oxygen atoms in total. The van der Waals surface area contributed by atoms with Crippen molar-refractivity contribution < 1.29 is 5.11 Å². The molecule has 24 heavy (non-hydrogen) atoms. The first-order chi connectivity index (χ1) is 10.9. The van der Waals surface area contributed by atoms with E-state index in [0.29, 0.717) is 11.0 Å². The van der Waals surface area contributed by atoms with Crippen LogP contribution in [0.1, 0.15) is 25.0 Å². The number of hydrogen-bond acceptors (Lipinski definition) is 4. The quantitative estimate of drug-likeness (QED) is 0.745. The molecule has 3 N–H and O–H groups in total. The Balaban J connectivity index is 0.00000208. The maximum Gasteiger partial charge on any atom is 0.115 e. The Morgan fingerprint density at radius 2 is 1.71 bits per heavy atom. The van der Waals surface area contributed by atoms with Crippen LogP contribution in [0.2, 0.25) is 0 Å². The van der Waals surface area contributed by atoms with Crippen LogP contribution in [-0.4, -0.2) is 22.7 Å². The number of fused-ring (bicyclic) bond motifs is 1. The number of benzene rings is 2. The summed E-state index contributed by atoms with van der Waals surface area (Å²) in [6.45, 7) is 4.36. The molecule has 0 spiro atoms. The molecule has 1 aliphatic rings. The largest absolute Gasteiger partial charge is 0.508 e. The van der Waals surface area contributed by atoms with E-state index in [1.165, 1.54) is 20.9 Å². The van der Waals surface area contributed by atoms with Gasteiger partial charge in [-0.1, -0.05) is 19.9 Å². The Bertz CT molecular complexity index is 703. The van der Waals surface area contributed by atoms with Crippen LogP contribution in [0.15, 0.2) is 52.3 Å². The lowest BCUT2D eigenvalue weighted by Crippen LogP contribution is -2.52. The molecule has 0 aromatic heterocycles. The van der Waals surface area contributed by atoms with Gasteiger partial charge in [0.05, 0.1) is 0 Å². The number of thioether (sulfide) groups is 2. The van der Waals surface area contributed by atoms with Crippen LogP contribution in [-0.2, 0) is 11.8 Å². The zero-order valence-electron chi connectivity index (χ0n) is 14.2. The Morgan fingerprint density at radius 1 is 1.08 bits per heavy atom. The first-order valence-corrected chi connectivity index (χ1v) is 9.91. The van der Waals surface area contributed by atoms with Gasteiger partial charge in [-0.3, -0.25) is 0 Å². The van der Waals surface area contributed by atoms with Crippen molar-refractivity contribution in [1.82, 2.24) is 0 Å². The molecule has 0 fully saturated rings. The topological polar surface area (TPSA) is 46.2 Å². The van der Waals surface area contributed by atoms with Gasteiger partial charge in [0.1, 0.15) is 5.75 Å². The highest BCUT2D eigenvalue weighted by molar-refractivity contribution is 8.00. The van der Waals surface area contributed by atoms with Crippen LogP contribution in [0, 0.1) is 0 Å². The van der Waals surface area contributed by atoms with Crippen molar-refractivity contribution in [3.8, 4) is 5.75 Å². The molecule has 0 radical (unpaired) electrons. The SMILES string of the molecule is CSc1ccc(SC2Cc3ccc(O)cc3C(C)(C)C2N)cc1.Cl. The van der Waals surface area contributed by atoms with Gasteiger partial charge in [-0.15, -0.1) is 35.9 Å². The highest BCUT2D eigenvalue weighted by Crippen LogP contribution is 2.43. The van der Waals surface area contributed by atoms with Crippen LogP contribution in [0.25, 0.3) is 0 Å². The van der Waals surface area contributed by atoms with Crippen molar-refractivity contribution >= 4 is 35.9 Å². The summed E-state index contributed by atoms with van der Waals surface area (Å²) in [4.78, 5) is 2.55. The minimum atomic E-state index is -0.150. The molecule has 0 aliphatic heterocycles. The molecular formula is C19H24ClNOS2. The predicted molar refractivity (Wildman–Crippen MR) is 108 cm³/mol. The van der Waals surface area contributed by atoms with Gasteiger partial charge < -0.3 is 10.8 Å². The molecular weight excluding hydrogens is 358 g/mol. The van der Waals surface area contributed by atoms with Crippen molar-refractivity contribution in [2.75, 3.05) is 6.26 Å². The van der Waals surface area contributed by atoms with E-state index in [2.05, 4.69) is 44.4 Å². The number of halogens is 1. The van der Waals surface area contributed by atoms with Gasteiger partial charge in [-0.05, 0) is 60.2 Å². The lowest BCUT2D eigenvalue weighted by atomic mass is 9.69. The maximum atomic E-state index is 9.81. The molecule has 3 rings (SSSR count). The van der Waals surface area contributed by atoms with Gasteiger partial charge in [0.2, 0.25) is 0 Å². The molecule has 5 heteroatoms. The Morgan fingerprint density at radius 3 is 2.33 bits per heavy atom. The monoisotopic (exact) mass is 381 g/mol. The molecule has 2 unspecified atom stereocenters.